The number of amides is 3. The first-order valence-electron chi connectivity index (χ1n) is 7.60. The third-order valence-corrected chi connectivity index (χ3v) is 3.50. The summed E-state index contributed by atoms with van der Waals surface area (Å²) >= 11 is 0. The second kappa shape index (κ2) is 9.33. The SMILES string of the molecule is CCCC(=O)NCC(=O)N1CCCC(C(=O)NCCN)C1. The van der Waals surface area contributed by atoms with Gasteiger partial charge in [-0.2, -0.15) is 0 Å². The molecule has 3 amide bonds. The molecule has 1 unspecified atom stereocenters. The third kappa shape index (κ3) is 6.12. The van der Waals surface area contributed by atoms with Crippen LogP contribution in [0.15, 0.2) is 0 Å². The van der Waals surface area contributed by atoms with Gasteiger partial charge in [-0.25, -0.2) is 0 Å². The Labute approximate surface area is 125 Å². The van der Waals surface area contributed by atoms with Crippen LogP contribution in [0.3, 0.4) is 0 Å². The van der Waals surface area contributed by atoms with E-state index in [1.165, 1.54) is 0 Å². The summed E-state index contributed by atoms with van der Waals surface area (Å²) in [5.74, 6) is -0.468. The fourth-order valence-corrected chi connectivity index (χ4v) is 2.36. The van der Waals surface area contributed by atoms with Gasteiger partial charge >= 0.3 is 0 Å². The number of likely N-dealkylation sites (tertiary alicyclic amines) is 1. The Balaban J connectivity index is 2.39. The lowest BCUT2D eigenvalue weighted by Gasteiger charge is -2.32. The largest absolute Gasteiger partial charge is 0.355 e. The molecule has 1 aliphatic heterocycles. The molecule has 7 nitrogen and oxygen atoms in total. The number of hydrogen-bond acceptors (Lipinski definition) is 4. The van der Waals surface area contributed by atoms with E-state index in [4.69, 9.17) is 5.73 Å². The van der Waals surface area contributed by atoms with Crippen molar-refractivity contribution in [3.8, 4) is 0 Å². The molecule has 0 aromatic rings. The predicted octanol–water partition coefficient (Wildman–Crippen LogP) is -0.784. The van der Waals surface area contributed by atoms with Crippen LogP contribution < -0.4 is 16.4 Å². The lowest BCUT2D eigenvalue weighted by molar-refractivity contribution is -0.136. The van der Waals surface area contributed by atoms with Crippen LogP contribution >= 0.6 is 0 Å². The van der Waals surface area contributed by atoms with Crippen LogP contribution in [0.5, 0.6) is 0 Å². The van der Waals surface area contributed by atoms with E-state index in [1.54, 1.807) is 4.90 Å². The number of hydrogen-bond donors (Lipinski definition) is 3. The Bertz CT molecular complexity index is 373. The number of nitrogens with one attached hydrogen (secondary N) is 2. The summed E-state index contributed by atoms with van der Waals surface area (Å²) in [6.45, 7) is 3.84. The second-order valence-electron chi connectivity index (χ2n) is 5.29. The monoisotopic (exact) mass is 298 g/mol. The fourth-order valence-electron chi connectivity index (χ4n) is 2.36. The summed E-state index contributed by atoms with van der Waals surface area (Å²) in [5.41, 5.74) is 5.35. The van der Waals surface area contributed by atoms with Crippen LogP contribution in [0.1, 0.15) is 32.6 Å². The van der Waals surface area contributed by atoms with Crippen molar-refractivity contribution in [2.24, 2.45) is 11.7 Å². The minimum atomic E-state index is -0.180. The highest BCUT2D eigenvalue weighted by Gasteiger charge is 2.28. The van der Waals surface area contributed by atoms with Crippen molar-refractivity contribution in [1.82, 2.24) is 15.5 Å². The molecule has 4 N–H and O–H groups in total. The average Bonchev–Trinajstić information content (AvgIpc) is 2.50. The number of rotatable bonds is 7. The maximum Gasteiger partial charge on any atom is 0.241 e. The molecule has 1 saturated heterocycles. The van der Waals surface area contributed by atoms with Crippen LogP contribution in [0.4, 0.5) is 0 Å². The van der Waals surface area contributed by atoms with Gasteiger partial charge in [0.2, 0.25) is 17.7 Å². The molecule has 0 saturated carbocycles. The normalized spacial score (nSPS) is 18.2. The molecular weight excluding hydrogens is 272 g/mol. The molecular formula is C14H26N4O3. The molecule has 1 atom stereocenters. The van der Waals surface area contributed by atoms with Gasteiger partial charge in [-0.05, 0) is 19.3 Å². The van der Waals surface area contributed by atoms with Gasteiger partial charge in [0.25, 0.3) is 0 Å². The van der Waals surface area contributed by atoms with Crippen LogP contribution in [0.25, 0.3) is 0 Å². The van der Waals surface area contributed by atoms with E-state index < -0.39 is 0 Å². The smallest absolute Gasteiger partial charge is 0.241 e. The maximum atomic E-state index is 12.0. The first-order valence-corrected chi connectivity index (χ1v) is 7.60. The number of nitrogens with two attached hydrogens (primary N) is 1. The Kier molecular flexibility index (Phi) is 7.74. The maximum absolute atomic E-state index is 12.0. The molecule has 7 heteroatoms. The highest BCUT2D eigenvalue weighted by atomic mass is 16.2. The first kappa shape index (κ1) is 17.4. The zero-order valence-electron chi connectivity index (χ0n) is 12.7. The van der Waals surface area contributed by atoms with Crippen LogP contribution in [-0.4, -0.2) is 55.3 Å². The lowest BCUT2D eigenvalue weighted by Crippen LogP contribution is -2.48. The zero-order chi connectivity index (χ0) is 15.7. The second-order valence-corrected chi connectivity index (χ2v) is 5.29. The van der Waals surface area contributed by atoms with E-state index in [1.807, 2.05) is 6.92 Å². The minimum absolute atomic E-state index is 0.00989. The quantitative estimate of drug-likeness (QED) is 0.573. The van der Waals surface area contributed by atoms with E-state index in [-0.39, 0.29) is 30.2 Å². The van der Waals surface area contributed by atoms with Gasteiger partial charge in [-0.1, -0.05) is 6.92 Å². The molecule has 0 spiro atoms. The standard InChI is InChI=1S/C14H26N4O3/c1-2-4-12(19)17-9-13(20)18-8-3-5-11(10-18)14(21)16-7-6-15/h11H,2-10,15H2,1H3,(H,16,21)(H,17,19). The third-order valence-electron chi connectivity index (χ3n) is 3.50. The van der Waals surface area contributed by atoms with Crippen LogP contribution in [0, 0.1) is 5.92 Å². The molecule has 0 aliphatic carbocycles. The lowest BCUT2D eigenvalue weighted by atomic mass is 9.97. The molecule has 120 valence electrons. The molecule has 1 heterocycles. The van der Waals surface area contributed by atoms with E-state index in [2.05, 4.69) is 10.6 Å². The Morgan fingerprint density at radius 3 is 2.71 bits per heavy atom. The summed E-state index contributed by atoms with van der Waals surface area (Å²) in [7, 11) is 0. The van der Waals surface area contributed by atoms with Crippen LogP contribution in [0.2, 0.25) is 0 Å². The molecule has 0 bridgehead atoms. The summed E-state index contributed by atoms with van der Waals surface area (Å²) in [6, 6.07) is 0. The molecule has 0 radical (unpaired) electrons. The first-order chi connectivity index (χ1) is 10.1. The van der Waals surface area contributed by atoms with E-state index in [9.17, 15) is 14.4 Å². The highest BCUT2D eigenvalue weighted by Crippen LogP contribution is 2.16. The summed E-state index contributed by atoms with van der Waals surface area (Å²) in [4.78, 5) is 37.0. The van der Waals surface area contributed by atoms with Gasteiger partial charge in [-0.15, -0.1) is 0 Å². The number of nitrogens with zero attached hydrogens (tertiary/aromatic N) is 1. The Morgan fingerprint density at radius 1 is 1.29 bits per heavy atom. The van der Waals surface area contributed by atoms with Gasteiger partial charge < -0.3 is 21.3 Å². The van der Waals surface area contributed by atoms with Gasteiger partial charge in [0, 0.05) is 32.6 Å². The summed E-state index contributed by atoms with van der Waals surface area (Å²) in [6.07, 6.45) is 2.77. The minimum Gasteiger partial charge on any atom is -0.355 e. The number of piperidine rings is 1. The predicted molar refractivity (Wildman–Crippen MR) is 79.3 cm³/mol. The van der Waals surface area contributed by atoms with Crippen molar-refractivity contribution < 1.29 is 14.4 Å². The zero-order valence-corrected chi connectivity index (χ0v) is 12.7. The van der Waals surface area contributed by atoms with Crippen molar-refractivity contribution in [3.63, 3.8) is 0 Å². The molecule has 0 aromatic carbocycles. The molecule has 21 heavy (non-hydrogen) atoms. The Morgan fingerprint density at radius 2 is 2.05 bits per heavy atom. The van der Waals surface area contributed by atoms with Gasteiger partial charge in [0.05, 0.1) is 12.5 Å². The van der Waals surface area contributed by atoms with E-state index in [0.29, 0.717) is 32.6 Å². The van der Waals surface area contributed by atoms with Crippen molar-refractivity contribution in [2.75, 3.05) is 32.7 Å². The van der Waals surface area contributed by atoms with E-state index >= 15 is 0 Å². The van der Waals surface area contributed by atoms with Crippen molar-refractivity contribution in [1.29, 1.82) is 0 Å². The summed E-state index contributed by atoms with van der Waals surface area (Å²) in [5, 5.41) is 5.37. The van der Waals surface area contributed by atoms with Crippen molar-refractivity contribution in [2.45, 2.75) is 32.6 Å². The molecule has 1 fully saturated rings. The van der Waals surface area contributed by atoms with Gasteiger partial charge in [0.1, 0.15) is 0 Å². The van der Waals surface area contributed by atoms with E-state index in [0.717, 1.165) is 19.3 Å². The fraction of sp³-hybridized carbons (Fsp3) is 0.786. The van der Waals surface area contributed by atoms with Crippen LogP contribution in [-0.2, 0) is 14.4 Å². The van der Waals surface area contributed by atoms with Crippen molar-refractivity contribution in [3.05, 3.63) is 0 Å². The Hall–Kier alpha value is -1.63. The van der Waals surface area contributed by atoms with Gasteiger partial charge in [-0.3, -0.25) is 14.4 Å². The average molecular weight is 298 g/mol. The number of carbonyl (C=O) groups is 3. The highest BCUT2D eigenvalue weighted by molar-refractivity contribution is 5.85. The molecule has 1 aliphatic rings. The van der Waals surface area contributed by atoms with Gasteiger partial charge in [0.15, 0.2) is 0 Å². The topological polar surface area (TPSA) is 105 Å². The molecule has 1 rings (SSSR count). The number of carbonyl (C=O) groups excluding carboxylic acids is 3. The summed E-state index contributed by atoms with van der Waals surface area (Å²) < 4.78 is 0. The van der Waals surface area contributed by atoms with Crippen molar-refractivity contribution >= 4 is 17.7 Å². The molecule has 0 aromatic heterocycles.